The fourth-order valence-electron chi connectivity index (χ4n) is 3.84. The molecular weight excluding hydrogens is 446 g/mol. The fourth-order valence-corrected chi connectivity index (χ4v) is 4.18. The number of nitrogens with zero attached hydrogens (tertiary/aromatic N) is 5. The van der Waals surface area contributed by atoms with Crippen LogP contribution in [0, 0.1) is 10.1 Å². The number of thioether (sulfide) groups is 1. The average molecular weight is 468 g/mol. The maximum absolute atomic E-state index is 13.1. The third-order valence-corrected chi connectivity index (χ3v) is 5.72. The van der Waals surface area contributed by atoms with Gasteiger partial charge in [-0.25, -0.2) is 9.88 Å². The Balaban J connectivity index is 2.08. The highest BCUT2D eigenvalue weighted by molar-refractivity contribution is 7.98. The topological polar surface area (TPSA) is 125 Å². The molecule has 0 aliphatic carbocycles. The Morgan fingerprint density at radius 1 is 1.30 bits per heavy atom. The quantitative estimate of drug-likeness (QED) is 0.234. The van der Waals surface area contributed by atoms with Gasteiger partial charge in [-0.2, -0.15) is 0 Å². The number of amides is 1. The third-order valence-electron chi connectivity index (χ3n) is 5.18. The van der Waals surface area contributed by atoms with Crippen molar-refractivity contribution < 1.29 is 24.2 Å². The largest absolute Gasteiger partial charge is 0.854 e. The van der Waals surface area contributed by atoms with Crippen LogP contribution < -0.4 is 19.4 Å². The monoisotopic (exact) mass is 467 g/mol. The lowest BCUT2D eigenvalue weighted by molar-refractivity contribution is -0.764. The number of anilines is 1. The molecule has 0 spiro atoms. The fraction of sp³-hybridized carbons (Fsp3) is 0.273. The van der Waals surface area contributed by atoms with Crippen LogP contribution in [0.4, 0.5) is 11.4 Å². The predicted molar refractivity (Wildman–Crippen MR) is 119 cm³/mol. The van der Waals surface area contributed by atoms with E-state index < -0.39 is 17.0 Å². The van der Waals surface area contributed by atoms with Crippen molar-refractivity contribution in [2.24, 2.45) is 0 Å². The molecule has 2 aromatic carbocycles. The second-order valence-electron chi connectivity index (χ2n) is 7.30. The second kappa shape index (κ2) is 9.02. The Labute approximate surface area is 194 Å². The van der Waals surface area contributed by atoms with E-state index in [1.54, 1.807) is 30.5 Å². The molecule has 1 aliphatic heterocycles. The second-order valence-corrected chi connectivity index (χ2v) is 8.08. The molecule has 0 saturated carbocycles. The van der Waals surface area contributed by atoms with Crippen LogP contribution in [0.2, 0.25) is 0 Å². The summed E-state index contributed by atoms with van der Waals surface area (Å²) in [5, 5.41) is 29.4. The van der Waals surface area contributed by atoms with E-state index in [0.717, 1.165) is 0 Å². The van der Waals surface area contributed by atoms with Crippen molar-refractivity contribution in [2.45, 2.75) is 31.6 Å². The minimum atomic E-state index is -0.985. The number of non-ortho nitro benzene ring substituents is 1. The lowest BCUT2D eigenvalue weighted by Gasteiger charge is -2.33. The first-order chi connectivity index (χ1) is 15.9. The molecule has 0 bridgehead atoms. The number of nitro groups is 1. The summed E-state index contributed by atoms with van der Waals surface area (Å²) in [6.07, 6.45) is 1.47. The van der Waals surface area contributed by atoms with Gasteiger partial charge in [0.25, 0.3) is 22.7 Å². The zero-order valence-electron chi connectivity index (χ0n) is 18.2. The number of nitro benzene ring substituents is 1. The lowest BCUT2D eigenvalue weighted by atomic mass is 10.0. The number of para-hydroxylation sites is 1. The number of carbonyl (C=O) groups is 1. The van der Waals surface area contributed by atoms with Crippen molar-refractivity contribution in [3.63, 3.8) is 0 Å². The van der Waals surface area contributed by atoms with Crippen LogP contribution in [0.1, 0.15) is 32.0 Å². The standard InChI is InChI=1S/C22H21N5O5S/c1-4-11-32-18-10-9-14(27(30)31)12-16(18)21-25(13(2)28)17-8-6-5-7-15(17)19-20(29)23-22(33-3)24-26(19)21/h5-10,12,21H,4,11H2,1-3H3. The molecule has 170 valence electrons. The average Bonchev–Trinajstić information content (AvgIpc) is 2.81. The molecule has 33 heavy (non-hydrogen) atoms. The molecule has 0 saturated heterocycles. The molecule has 1 aromatic heterocycles. The van der Waals surface area contributed by atoms with Crippen LogP contribution in [0.3, 0.4) is 0 Å². The van der Waals surface area contributed by atoms with Gasteiger partial charge in [-0.3, -0.25) is 14.9 Å². The number of benzene rings is 2. The Kier molecular flexibility index (Phi) is 6.14. The van der Waals surface area contributed by atoms with Gasteiger partial charge in [-0.05, 0) is 30.9 Å². The van der Waals surface area contributed by atoms with Gasteiger partial charge in [0.05, 0.1) is 34.2 Å². The Bertz CT molecular complexity index is 1250. The van der Waals surface area contributed by atoms with E-state index in [1.807, 2.05) is 6.92 Å². The van der Waals surface area contributed by atoms with E-state index in [0.29, 0.717) is 35.6 Å². The minimum Gasteiger partial charge on any atom is -0.854 e. The number of ether oxygens (including phenoxy) is 1. The summed E-state index contributed by atoms with van der Waals surface area (Å²) in [6.45, 7) is 3.71. The van der Waals surface area contributed by atoms with Crippen LogP contribution in [-0.4, -0.2) is 33.8 Å². The predicted octanol–water partition coefficient (Wildman–Crippen LogP) is 2.84. The van der Waals surface area contributed by atoms with Gasteiger partial charge in [-0.15, -0.1) is 0 Å². The van der Waals surface area contributed by atoms with Gasteiger partial charge in [0.2, 0.25) is 5.91 Å². The highest BCUT2D eigenvalue weighted by atomic mass is 32.2. The summed E-state index contributed by atoms with van der Waals surface area (Å²) in [5.74, 6) is -0.458. The number of aromatic nitrogens is 3. The number of fused-ring (bicyclic) bond motifs is 3. The molecule has 10 nitrogen and oxygen atoms in total. The zero-order valence-corrected chi connectivity index (χ0v) is 19.0. The molecule has 1 aliphatic rings. The van der Waals surface area contributed by atoms with Crippen molar-refractivity contribution in [2.75, 3.05) is 17.8 Å². The first-order valence-corrected chi connectivity index (χ1v) is 11.4. The molecule has 1 atom stereocenters. The van der Waals surface area contributed by atoms with Gasteiger partial charge in [-0.1, -0.05) is 35.5 Å². The van der Waals surface area contributed by atoms with Gasteiger partial charge in [0.1, 0.15) is 5.75 Å². The van der Waals surface area contributed by atoms with Crippen LogP contribution in [0.25, 0.3) is 11.3 Å². The van der Waals surface area contributed by atoms with E-state index in [-0.39, 0.29) is 22.4 Å². The van der Waals surface area contributed by atoms with Gasteiger partial charge >= 0.3 is 0 Å². The van der Waals surface area contributed by atoms with E-state index in [1.165, 1.54) is 46.5 Å². The third kappa shape index (κ3) is 3.95. The van der Waals surface area contributed by atoms with Crippen molar-refractivity contribution in [3.8, 4) is 22.9 Å². The van der Waals surface area contributed by atoms with E-state index in [4.69, 9.17) is 4.74 Å². The molecule has 0 fully saturated rings. The number of carbonyl (C=O) groups excluding carboxylic acids is 1. The van der Waals surface area contributed by atoms with Crippen molar-refractivity contribution in [1.82, 2.24) is 10.1 Å². The molecular formula is C22H21N5O5S. The summed E-state index contributed by atoms with van der Waals surface area (Å²) in [5.41, 5.74) is 1.36. The van der Waals surface area contributed by atoms with Crippen LogP contribution >= 0.6 is 11.8 Å². The van der Waals surface area contributed by atoms with Crippen molar-refractivity contribution >= 4 is 29.0 Å². The lowest BCUT2D eigenvalue weighted by Crippen LogP contribution is -2.58. The van der Waals surface area contributed by atoms with Crippen LogP contribution in [-0.2, 0) is 4.79 Å². The highest BCUT2D eigenvalue weighted by Gasteiger charge is 2.45. The van der Waals surface area contributed by atoms with E-state index >= 15 is 0 Å². The summed E-state index contributed by atoms with van der Waals surface area (Å²) in [4.78, 5) is 29.5. The summed E-state index contributed by atoms with van der Waals surface area (Å²) in [6, 6.07) is 11.2. The Morgan fingerprint density at radius 2 is 2.06 bits per heavy atom. The van der Waals surface area contributed by atoms with E-state index in [2.05, 4.69) is 10.1 Å². The zero-order chi connectivity index (χ0) is 23.7. The van der Waals surface area contributed by atoms with Gasteiger partial charge in [0.15, 0.2) is 0 Å². The first-order valence-electron chi connectivity index (χ1n) is 10.2. The van der Waals surface area contributed by atoms with Gasteiger partial charge < -0.3 is 9.84 Å². The minimum absolute atomic E-state index is 0.167. The molecule has 0 radical (unpaired) electrons. The molecule has 3 aromatic rings. The molecule has 0 N–H and O–H groups in total. The number of hydrogen-bond donors (Lipinski definition) is 0. The molecule has 11 heteroatoms. The van der Waals surface area contributed by atoms with Crippen LogP contribution in [0.15, 0.2) is 47.6 Å². The Morgan fingerprint density at radius 3 is 2.73 bits per heavy atom. The SMILES string of the molecule is CCCOc1ccc([N+](=O)[O-])cc1C1N(C(C)=O)c2ccccc2-c2c([O-])nc(SC)n[n+]21. The van der Waals surface area contributed by atoms with Crippen molar-refractivity contribution in [1.29, 1.82) is 0 Å². The van der Waals surface area contributed by atoms with Crippen molar-refractivity contribution in [3.05, 3.63) is 58.1 Å². The smallest absolute Gasteiger partial charge is 0.296 e. The normalized spacial score (nSPS) is 14.4. The number of hydrogen-bond acceptors (Lipinski definition) is 8. The van der Waals surface area contributed by atoms with E-state index in [9.17, 15) is 20.0 Å². The highest BCUT2D eigenvalue weighted by Crippen LogP contribution is 2.43. The summed E-state index contributed by atoms with van der Waals surface area (Å²) >= 11 is 1.18. The molecule has 4 rings (SSSR count). The summed E-state index contributed by atoms with van der Waals surface area (Å²) in [7, 11) is 0. The first kappa shape index (κ1) is 22.5. The number of rotatable bonds is 6. The van der Waals surface area contributed by atoms with Gasteiger partial charge in [0, 0.05) is 24.2 Å². The molecule has 1 amide bonds. The molecule has 1 unspecified atom stereocenters. The Hall–Kier alpha value is -3.73. The molecule has 2 heterocycles. The summed E-state index contributed by atoms with van der Waals surface area (Å²) < 4.78 is 7.31. The maximum Gasteiger partial charge on any atom is 0.296 e. The maximum atomic E-state index is 13.1. The van der Waals surface area contributed by atoms with Crippen LogP contribution in [0.5, 0.6) is 11.6 Å².